The lowest BCUT2D eigenvalue weighted by Crippen LogP contribution is -2.31. The molecular formula is C16H25N3O. The lowest BCUT2D eigenvalue weighted by molar-refractivity contribution is -0.136. The molecule has 0 N–H and O–H groups in total. The number of carbonyl (C=O) groups excluding carboxylic acids is 1. The second kappa shape index (κ2) is 5.51. The summed E-state index contributed by atoms with van der Waals surface area (Å²) in [6.45, 7) is 11.8. The number of carbonyl (C=O) groups is 1. The third kappa shape index (κ3) is 2.84. The number of amides is 1. The van der Waals surface area contributed by atoms with E-state index in [1.54, 1.807) is 0 Å². The molecule has 1 aliphatic heterocycles. The SMILES string of the molecule is CCC(CC)C(=O)N1Cc2cnc(C(C)(C)C)nc2C1. The molecule has 0 saturated carbocycles. The Labute approximate surface area is 121 Å². The van der Waals surface area contributed by atoms with Gasteiger partial charge in [0.25, 0.3) is 0 Å². The van der Waals surface area contributed by atoms with Gasteiger partial charge in [-0.3, -0.25) is 4.79 Å². The van der Waals surface area contributed by atoms with Crippen molar-refractivity contribution in [2.24, 2.45) is 5.92 Å². The molecule has 1 aromatic heterocycles. The molecule has 0 unspecified atom stereocenters. The van der Waals surface area contributed by atoms with Gasteiger partial charge in [-0.2, -0.15) is 0 Å². The number of aromatic nitrogens is 2. The maximum atomic E-state index is 12.4. The minimum atomic E-state index is -0.0537. The van der Waals surface area contributed by atoms with Crippen molar-refractivity contribution >= 4 is 5.91 Å². The van der Waals surface area contributed by atoms with Gasteiger partial charge in [-0.05, 0) is 12.8 Å². The molecule has 0 fully saturated rings. The fourth-order valence-electron chi connectivity index (χ4n) is 2.57. The summed E-state index contributed by atoms with van der Waals surface area (Å²) in [5.74, 6) is 1.25. The monoisotopic (exact) mass is 275 g/mol. The van der Waals surface area contributed by atoms with Crippen LogP contribution >= 0.6 is 0 Å². The van der Waals surface area contributed by atoms with E-state index in [1.165, 1.54) is 0 Å². The van der Waals surface area contributed by atoms with Gasteiger partial charge in [0, 0.05) is 29.6 Å². The molecule has 1 aromatic rings. The summed E-state index contributed by atoms with van der Waals surface area (Å²) in [7, 11) is 0. The van der Waals surface area contributed by atoms with E-state index in [1.807, 2.05) is 11.1 Å². The highest BCUT2D eigenvalue weighted by Crippen LogP contribution is 2.26. The number of rotatable bonds is 3. The van der Waals surface area contributed by atoms with Gasteiger partial charge in [0.15, 0.2) is 0 Å². The van der Waals surface area contributed by atoms with E-state index in [0.29, 0.717) is 13.1 Å². The molecule has 0 aromatic carbocycles. The van der Waals surface area contributed by atoms with Crippen LogP contribution in [0.4, 0.5) is 0 Å². The normalized spacial score (nSPS) is 14.8. The Hall–Kier alpha value is -1.45. The smallest absolute Gasteiger partial charge is 0.226 e. The molecule has 1 amide bonds. The van der Waals surface area contributed by atoms with E-state index in [0.717, 1.165) is 29.9 Å². The van der Waals surface area contributed by atoms with Gasteiger partial charge in [-0.15, -0.1) is 0 Å². The van der Waals surface area contributed by atoms with Gasteiger partial charge in [0.1, 0.15) is 5.82 Å². The zero-order valence-corrected chi connectivity index (χ0v) is 13.2. The molecular weight excluding hydrogens is 250 g/mol. The molecule has 0 bridgehead atoms. The molecule has 20 heavy (non-hydrogen) atoms. The summed E-state index contributed by atoms with van der Waals surface area (Å²) in [5.41, 5.74) is 2.06. The summed E-state index contributed by atoms with van der Waals surface area (Å²) in [6.07, 6.45) is 3.70. The van der Waals surface area contributed by atoms with E-state index in [-0.39, 0.29) is 17.2 Å². The van der Waals surface area contributed by atoms with Gasteiger partial charge in [-0.25, -0.2) is 9.97 Å². The van der Waals surface area contributed by atoms with Gasteiger partial charge in [-0.1, -0.05) is 34.6 Å². The molecule has 0 saturated heterocycles. The van der Waals surface area contributed by atoms with Crippen LogP contribution < -0.4 is 0 Å². The molecule has 1 aliphatic rings. The summed E-state index contributed by atoms with van der Waals surface area (Å²) in [5, 5.41) is 0. The van der Waals surface area contributed by atoms with E-state index >= 15 is 0 Å². The van der Waals surface area contributed by atoms with E-state index in [2.05, 4.69) is 44.6 Å². The Balaban J connectivity index is 2.17. The third-order valence-corrected chi connectivity index (χ3v) is 3.97. The Morgan fingerprint density at radius 2 is 1.95 bits per heavy atom. The highest BCUT2D eigenvalue weighted by atomic mass is 16.2. The summed E-state index contributed by atoms with van der Waals surface area (Å²) in [6, 6.07) is 0. The first-order valence-corrected chi connectivity index (χ1v) is 7.50. The van der Waals surface area contributed by atoms with Crippen molar-refractivity contribution in [2.45, 2.75) is 66.0 Å². The van der Waals surface area contributed by atoms with Crippen LogP contribution in [0.1, 0.15) is 64.5 Å². The van der Waals surface area contributed by atoms with Crippen LogP contribution in [-0.4, -0.2) is 20.8 Å². The van der Waals surface area contributed by atoms with E-state index in [9.17, 15) is 4.79 Å². The van der Waals surface area contributed by atoms with Crippen molar-refractivity contribution in [3.8, 4) is 0 Å². The number of fused-ring (bicyclic) bond motifs is 1. The summed E-state index contributed by atoms with van der Waals surface area (Å²) < 4.78 is 0. The predicted molar refractivity (Wildman–Crippen MR) is 79.1 cm³/mol. The molecule has 2 rings (SSSR count). The molecule has 2 heterocycles. The standard InChI is InChI=1S/C16H25N3O/c1-6-11(7-2)14(20)19-9-12-8-17-15(16(3,4)5)18-13(12)10-19/h8,11H,6-7,9-10H2,1-5H3. The van der Waals surface area contributed by atoms with Crippen molar-refractivity contribution in [2.75, 3.05) is 0 Å². The van der Waals surface area contributed by atoms with Crippen LogP contribution in [0.5, 0.6) is 0 Å². The fourth-order valence-corrected chi connectivity index (χ4v) is 2.57. The van der Waals surface area contributed by atoms with Crippen molar-refractivity contribution in [3.05, 3.63) is 23.3 Å². The van der Waals surface area contributed by atoms with E-state index in [4.69, 9.17) is 0 Å². The maximum Gasteiger partial charge on any atom is 0.226 e. The summed E-state index contributed by atoms with van der Waals surface area (Å²) in [4.78, 5) is 23.5. The predicted octanol–water partition coefficient (Wildman–Crippen LogP) is 3.05. The zero-order chi connectivity index (χ0) is 14.9. The van der Waals surface area contributed by atoms with Gasteiger partial charge in [0.2, 0.25) is 5.91 Å². The first-order chi connectivity index (χ1) is 9.36. The second-order valence-electron chi connectivity index (χ2n) is 6.62. The van der Waals surface area contributed by atoms with Gasteiger partial charge >= 0.3 is 0 Å². The minimum Gasteiger partial charge on any atom is -0.332 e. The Morgan fingerprint density at radius 1 is 1.30 bits per heavy atom. The van der Waals surface area contributed by atoms with E-state index < -0.39 is 0 Å². The lowest BCUT2D eigenvalue weighted by Gasteiger charge is -2.20. The van der Waals surface area contributed by atoms with Crippen LogP contribution in [-0.2, 0) is 23.3 Å². The molecule has 110 valence electrons. The first-order valence-electron chi connectivity index (χ1n) is 7.50. The highest BCUT2D eigenvalue weighted by Gasteiger charge is 2.29. The van der Waals surface area contributed by atoms with Crippen LogP contribution in [0, 0.1) is 5.92 Å². The molecule has 0 aliphatic carbocycles. The molecule has 0 spiro atoms. The molecule has 0 radical (unpaired) electrons. The van der Waals surface area contributed by atoms with Gasteiger partial charge in [0.05, 0.1) is 12.2 Å². The maximum absolute atomic E-state index is 12.4. The molecule has 0 atom stereocenters. The van der Waals surface area contributed by atoms with Crippen molar-refractivity contribution in [1.82, 2.24) is 14.9 Å². The van der Waals surface area contributed by atoms with Gasteiger partial charge < -0.3 is 4.90 Å². The van der Waals surface area contributed by atoms with Crippen molar-refractivity contribution in [3.63, 3.8) is 0 Å². The highest BCUT2D eigenvalue weighted by molar-refractivity contribution is 5.79. The number of hydrogen-bond donors (Lipinski definition) is 0. The van der Waals surface area contributed by atoms with Crippen LogP contribution in [0.2, 0.25) is 0 Å². The van der Waals surface area contributed by atoms with Crippen LogP contribution in [0.25, 0.3) is 0 Å². The van der Waals surface area contributed by atoms with Crippen LogP contribution in [0.3, 0.4) is 0 Å². The minimum absolute atomic E-state index is 0.0537. The average molecular weight is 275 g/mol. The Bertz CT molecular complexity index is 501. The van der Waals surface area contributed by atoms with Crippen LogP contribution in [0.15, 0.2) is 6.20 Å². The quantitative estimate of drug-likeness (QED) is 0.851. The largest absolute Gasteiger partial charge is 0.332 e. The molecule has 4 heteroatoms. The molecule has 4 nitrogen and oxygen atoms in total. The Morgan fingerprint density at radius 3 is 2.50 bits per heavy atom. The number of nitrogens with zero attached hydrogens (tertiary/aromatic N) is 3. The summed E-state index contributed by atoms with van der Waals surface area (Å²) >= 11 is 0. The zero-order valence-electron chi connectivity index (χ0n) is 13.2. The van der Waals surface area contributed by atoms with Crippen molar-refractivity contribution < 1.29 is 4.79 Å². The average Bonchev–Trinajstić information content (AvgIpc) is 2.81. The topological polar surface area (TPSA) is 46.1 Å². The second-order valence-corrected chi connectivity index (χ2v) is 6.62. The fraction of sp³-hybridized carbons (Fsp3) is 0.688. The third-order valence-electron chi connectivity index (χ3n) is 3.97. The Kier molecular flexibility index (Phi) is 4.11. The lowest BCUT2D eigenvalue weighted by atomic mass is 9.95. The first kappa shape index (κ1) is 14.9. The van der Waals surface area contributed by atoms with Crippen molar-refractivity contribution in [1.29, 1.82) is 0 Å². The number of hydrogen-bond acceptors (Lipinski definition) is 3.